The molecule has 1 heterocycles. The second kappa shape index (κ2) is 13.8. The minimum Gasteiger partial charge on any atom is -0.463 e. The number of carbonyl (C=O) groups is 5. The van der Waals surface area contributed by atoms with Crippen LogP contribution in [0, 0.1) is 0 Å². The first kappa shape index (κ1) is 29.1. The number of hydrogen-bond acceptors (Lipinski definition) is 12. The number of carbonyl (C=O) groups excluding carboxylic acids is 5. The molecular formula is C24H30O11S. The summed E-state index contributed by atoms with van der Waals surface area (Å²) in [6.07, 6.45) is -4.89. The van der Waals surface area contributed by atoms with Crippen LogP contribution in [0.15, 0.2) is 30.3 Å². The Kier molecular flexibility index (Phi) is 11.2. The summed E-state index contributed by atoms with van der Waals surface area (Å²) in [5.41, 5.74) is -0.264. The molecule has 1 aliphatic rings. The molecule has 1 aliphatic heterocycles. The fourth-order valence-electron chi connectivity index (χ4n) is 3.40. The average Bonchev–Trinajstić information content (AvgIpc) is 2.79. The molecule has 198 valence electrons. The van der Waals surface area contributed by atoms with Crippen LogP contribution in [0.3, 0.4) is 0 Å². The minimum atomic E-state index is -1.30. The summed E-state index contributed by atoms with van der Waals surface area (Å²) in [6.45, 7) is 5.90. The van der Waals surface area contributed by atoms with E-state index in [1.807, 2.05) is 30.3 Å². The summed E-state index contributed by atoms with van der Waals surface area (Å²) in [6, 6.07) is 9.10. The second-order valence-electron chi connectivity index (χ2n) is 7.94. The highest BCUT2D eigenvalue weighted by molar-refractivity contribution is 8.01. The summed E-state index contributed by atoms with van der Waals surface area (Å²) in [5, 5.41) is -0.797. The van der Waals surface area contributed by atoms with Crippen LogP contribution in [0.2, 0.25) is 0 Å². The van der Waals surface area contributed by atoms with Crippen LogP contribution in [0.1, 0.15) is 40.2 Å². The van der Waals surface area contributed by atoms with Crippen molar-refractivity contribution in [3.8, 4) is 0 Å². The van der Waals surface area contributed by atoms with E-state index in [1.54, 1.807) is 6.92 Å². The molecule has 0 spiro atoms. The lowest BCUT2D eigenvalue weighted by molar-refractivity contribution is -0.237. The highest BCUT2D eigenvalue weighted by Gasteiger charge is 2.53. The number of esters is 5. The predicted octanol–water partition coefficient (Wildman–Crippen LogP) is 1.93. The van der Waals surface area contributed by atoms with Gasteiger partial charge in [0.15, 0.2) is 18.3 Å². The molecule has 2 rings (SSSR count). The van der Waals surface area contributed by atoms with Gasteiger partial charge in [0.2, 0.25) is 0 Å². The van der Waals surface area contributed by atoms with Crippen LogP contribution in [-0.4, -0.2) is 71.6 Å². The van der Waals surface area contributed by atoms with Crippen molar-refractivity contribution in [1.82, 2.24) is 0 Å². The third-order valence-electron chi connectivity index (χ3n) is 4.84. The third kappa shape index (κ3) is 9.15. The first-order chi connectivity index (χ1) is 17.0. The molecule has 0 radical (unpaired) electrons. The van der Waals surface area contributed by atoms with Crippen LogP contribution >= 0.6 is 11.8 Å². The van der Waals surface area contributed by atoms with E-state index in [1.165, 1.54) is 6.92 Å². The van der Waals surface area contributed by atoms with E-state index in [-0.39, 0.29) is 13.2 Å². The Morgan fingerprint density at radius 2 is 1.36 bits per heavy atom. The molecule has 0 N–H and O–H groups in total. The molecule has 0 amide bonds. The summed E-state index contributed by atoms with van der Waals surface area (Å²) >= 11 is 0.957. The van der Waals surface area contributed by atoms with Gasteiger partial charge in [0.1, 0.15) is 30.0 Å². The van der Waals surface area contributed by atoms with Gasteiger partial charge in [-0.05, 0) is 12.5 Å². The van der Waals surface area contributed by atoms with Gasteiger partial charge in [0.25, 0.3) is 0 Å². The van der Waals surface area contributed by atoms with Crippen LogP contribution < -0.4 is 0 Å². The Morgan fingerprint density at radius 3 is 1.92 bits per heavy atom. The molecule has 1 aromatic rings. The number of benzene rings is 1. The average molecular weight is 527 g/mol. The molecule has 0 bridgehead atoms. The van der Waals surface area contributed by atoms with Gasteiger partial charge in [0, 0.05) is 27.7 Å². The van der Waals surface area contributed by atoms with Crippen molar-refractivity contribution in [2.24, 2.45) is 0 Å². The summed E-state index contributed by atoms with van der Waals surface area (Å²) in [7, 11) is 0. The zero-order chi connectivity index (χ0) is 26.8. The van der Waals surface area contributed by atoms with Gasteiger partial charge in [-0.2, -0.15) is 0 Å². The van der Waals surface area contributed by atoms with Crippen molar-refractivity contribution in [3.63, 3.8) is 0 Å². The normalized spacial score (nSPS) is 24.1. The van der Waals surface area contributed by atoms with Crippen LogP contribution in [0.4, 0.5) is 0 Å². The number of hydrogen-bond donors (Lipinski definition) is 0. The molecule has 0 aliphatic carbocycles. The highest BCUT2D eigenvalue weighted by atomic mass is 32.2. The third-order valence-corrected chi connectivity index (χ3v) is 6.09. The van der Waals surface area contributed by atoms with Gasteiger partial charge in [-0.15, -0.1) is 11.8 Å². The van der Waals surface area contributed by atoms with E-state index >= 15 is 0 Å². The second-order valence-corrected chi connectivity index (χ2v) is 9.38. The van der Waals surface area contributed by atoms with Crippen molar-refractivity contribution >= 4 is 41.6 Å². The highest BCUT2D eigenvalue weighted by Crippen LogP contribution is 2.36. The first-order valence-corrected chi connectivity index (χ1v) is 12.1. The van der Waals surface area contributed by atoms with Gasteiger partial charge >= 0.3 is 29.8 Å². The Morgan fingerprint density at radius 1 is 0.806 bits per heavy atom. The van der Waals surface area contributed by atoms with E-state index in [0.29, 0.717) is 0 Å². The fourth-order valence-corrected chi connectivity index (χ4v) is 4.55. The predicted molar refractivity (Wildman–Crippen MR) is 125 cm³/mol. The van der Waals surface area contributed by atoms with Crippen LogP contribution in [0.25, 0.3) is 0 Å². The minimum absolute atomic E-state index is 0.0587. The Bertz CT molecular complexity index is 935. The van der Waals surface area contributed by atoms with Crippen molar-refractivity contribution in [2.45, 2.75) is 76.3 Å². The molecule has 12 heteroatoms. The maximum atomic E-state index is 12.7. The molecule has 1 aromatic carbocycles. The molecule has 36 heavy (non-hydrogen) atoms. The Hall–Kier alpha value is -3.12. The van der Waals surface area contributed by atoms with E-state index < -0.39 is 64.9 Å². The largest absolute Gasteiger partial charge is 0.463 e. The zero-order valence-corrected chi connectivity index (χ0v) is 21.5. The first-order valence-electron chi connectivity index (χ1n) is 11.1. The molecule has 0 aromatic heterocycles. The molecule has 1 saturated heterocycles. The van der Waals surface area contributed by atoms with Crippen LogP contribution in [-0.2, 0) is 59.0 Å². The smallest absolute Gasteiger partial charge is 0.319 e. The van der Waals surface area contributed by atoms with Crippen molar-refractivity contribution < 1.29 is 52.4 Å². The summed E-state index contributed by atoms with van der Waals surface area (Å²) in [4.78, 5) is 59.7. The Labute approximate surface area is 213 Å². The van der Waals surface area contributed by atoms with Gasteiger partial charge in [0.05, 0.1) is 0 Å². The van der Waals surface area contributed by atoms with E-state index in [4.69, 9.17) is 28.4 Å². The van der Waals surface area contributed by atoms with Crippen molar-refractivity contribution in [2.75, 3.05) is 6.61 Å². The monoisotopic (exact) mass is 526 g/mol. The topological polar surface area (TPSA) is 141 Å². The molecule has 11 nitrogen and oxygen atoms in total. The quantitative estimate of drug-likeness (QED) is 0.325. The molecule has 1 fully saturated rings. The summed E-state index contributed by atoms with van der Waals surface area (Å²) < 4.78 is 32.5. The van der Waals surface area contributed by atoms with Crippen molar-refractivity contribution in [3.05, 3.63) is 35.9 Å². The Balaban J connectivity index is 2.28. The van der Waals surface area contributed by atoms with E-state index in [2.05, 4.69) is 0 Å². The fraction of sp³-hybridized carbons (Fsp3) is 0.542. The lowest BCUT2D eigenvalue weighted by atomic mass is 9.99. The number of thioether (sulfide) groups is 1. The molecule has 0 saturated carbocycles. The van der Waals surface area contributed by atoms with Crippen molar-refractivity contribution in [1.29, 1.82) is 0 Å². The maximum Gasteiger partial charge on any atom is 0.319 e. The lowest BCUT2D eigenvalue weighted by Gasteiger charge is -2.44. The molecule has 1 unspecified atom stereocenters. The number of ether oxygens (including phenoxy) is 6. The molecule has 6 atom stereocenters. The van der Waals surface area contributed by atoms with E-state index in [9.17, 15) is 24.0 Å². The maximum absolute atomic E-state index is 12.7. The van der Waals surface area contributed by atoms with Gasteiger partial charge in [-0.3, -0.25) is 24.0 Å². The van der Waals surface area contributed by atoms with Gasteiger partial charge < -0.3 is 28.4 Å². The summed E-state index contributed by atoms with van der Waals surface area (Å²) in [5.74, 6) is -3.35. The van der Waals surface area contributed by atoms with E-state index in [0.717, 1.165) is 38.1 Å². The number of rotatable bonds is 10. The molecular weight excluding hydrogens is 496 g/mol. The zero-order valence-electron chi connectivity index (χ0n) is 20.7. The standard InChI is InChI=1S/C24H30O11S/c1-13(23(29)31-11-18-9-7-6-8-10-18)36-24-22(34-17(5)28)21(33-16(4)27)20(32-15(3)26)19(35-24)12-30-14(2)25/h6-10,13,19-22,24H,11-12H2,1-5H3/t13?,19-,20-,21+,22+,24+/m1/s1. The lowest BCUT2D eigenvalue weighted by Crippen LogP contribution is -2.61. The SMILES string of the molecule is CC(=O)OC[C@H]1O[C@@H](SC(C)C(=O)OCc2ccccc2)[C@@H](OC(C)=O)[C@@H](OC(C)=O)[C@@H]1OC(C)=O. The van der Waals surface area contributed by atoms with Crippen LogP contribution in [0.5, 0.6) is 0 Å². The van der Waals surface area contributed by atoms with Gasteiger partial charge in [-0.25, -0.2) is 0 Å². The van der Waals surface area contributed by atoms with Gasteiger partial charge in [-0.1, -0.05) is 30.3 Å².